The van der Waals surface area contributed by atoms with E-state index in [9.17, 15) is 21.2 Å². The first-order valence-corrected chi connectivity index (χ1v) is 8.90. The van der Waals surface area contributed by atoms with E-state index in [0.29, 0.717) is 0 Å². The minimum atomic E-state index is -4.19. The zero-order chi connectivity index (χ0) is 14.8. The van der Waals surface area contributed by atoms with Crippen molar-refractivity contribution in [3.8, 4) is 0 Å². The zero-order valence-corrected chi connectivity index (χ0v) is 12.2. The van der Waals surface area contributed by atoms with Crippen LogP contribution in [0.25, 0.3) is 0 Å². The van der Waals surface area contributed by atoms with E-state index in [-0.39, 0.29) is 16.2 Å². The fraction of sp³-hybridized carbons (Fsp3) is 0.222. The molecule has 0 unspecified atom stereocenters. The summed E-state index contributed by atoms with van der Waals surface area (Å²) in [5, 5.41) is -1.13. The zero-order valence-electron chi connectivity index (χ0n) is 9.75. The van der Waals surface area contributed by atoms with E-state index in [1.807, 2.05) is 4.72 Å². The number of halogens is 1. The Morgan fingerprint density at radius 1 is 1.37 bits per heavy atom. The van der Waals surface area contributed by atoms with Gasteiger partial charge in [0.05, 0.1) is 5.69 Å². The van der Waals surface area contributed by atoms with Crippen LogP contribution in [0.4, 0.5) is 10.1 Å². The first-order chi connectivity index (χ1) is 8.50. The fourth-order valence-electron chi connectivity index (χ4n) is 1.23. The van der Waals surface area contributed by atoms with Gasteiger partial charge in [0.25, 0.3) is 0 Å². The van der Waals surface area contributed by atoms with Gasteiger partial charge in [0.15, 0.2) is 14.9 Å². The standard InChI is InChI=1S/C9H11FN2O4S3/c1-18(13,14)5-19(15,16)12-8-3-2-6(9(11)17)4-7(8)10/h2-4,12H,5H2,1H3,(H2,11,17). The summed E-state index contributed by atoms with van der Waals surface area (Å²) in [5.41, 5.74) is 5.15. The smallest absolute Gasteiger partial charge is 0.247 e. The number of hydrogen-bond donors (Lipinski definition) is 2. The van der Waals surface area contributed by atoms with Gasteiger partial charge in [-0.25, -0.2) is 21.2 Å². The summed E-state index contributed by atoms with van der Waals surface area (Å²) in [4.78, 5) is -0.0376. The molecule has 19 heavy (non-hydrogen) atoms. The second-order valence-electron chi connectivity index (χ2n) is 3.82. The highest BCUT2D eigenvalue weighted by molar-refractivity contribution is 8.08. The van der Waals surface area contributed by atoms with Gasteiger partial charge in [-0.2, -0.15) is 0 Å². The molecule has 1 rings (SSSR count). The highest BCUT2D eigenvalue weighted by Gasteiger charge is 2.19. The maximum Gasteiger partial charge on any atom is 0.247 e. The number of thiocarbonyl (C=S) groups is 1. The fourth-order valence-corrected chi connectivity index (χ4v) is 4.35. The minimum Gasteiger partial charge on any atom is -0.389 e. The molecule has 0 aliphatic carbocycles. The van der Waals surface area contributed by atoms with Crippen molar-refractivity contribution < 1.29 is 21.2 Å². The molecule has 0 bridgehead atoms. The van der Waals surface area contributed by atoms with Gasteiger partial charge < -0.3 is 5.73 Å². The Labute approximate surface area is 115 Å². The maximum absolute atomic E-state index is 13.6. The quantitative estimate of drug-likeness (QED) is 0.749. The van der Waals surface area contributed by atoms with Crippen molar-refractivity contribution in [1.82, 2.24) is 0 Å². The van der Waals surface area contributed by atoms with Crippen molar-refractivity contribution in [3.63, 3.8) is 0 Å². The van der Waals surface area contributed by atoms with Gasteiger partial charge in [-0.3, -0.25) is 4.72 Å². The average Bonchev–Trinajstić information content (AvgIpc) is 2.16. The van der Waals surface area contributed by atoms with Crippen LogP contribution in [0.3, 0.4) is 0 Å². The number of hydrogen-bond acceptors (Lipinski definition) is 5. The average molecular weight is 326 g/mol. The predicted molar refractivity (Wildman–Crippen MR) is 74.5 cm³/mol. The van der Waals surface area contributed by atoms with Crippen LogP contribution < -0.4 is 10.5 Å². The van der Waals surface area contributed by atoms with Crippen LogP contribution in [0.5, 0.6) is 0 Å². The molecule has 0 atom stereocenters. The first-order valence-electron chi connectivity index (χ1n) is 4.78. The Hall–Kier alpha value is -1.26. The lowest BCUT2D eigenvalue weighted by molar-refractivity contribution is 0.593. The van der Waals surface area contributed by atoms with Gasteiger partial charge in [0.2, 0.25) is 10.0 Å². The molecule has 0 radical (unpaired) electrons. The minimum absolute atomic E-state index is 0.0376. The van der Waals surface area contributed by atoms with E-state index < -0.39 is 30.8 Å². The van der Waals surface area contributed by atoms with Crippen LogP contribution in [0.2, 0.25) is 0 Å². The molecule has 0 amide bonds. The van der Waals surface area contributed by atoms with Crippen molar-refractivity contribution in [2.75, 3.05) is 16.1 Å². The highest BCUT2D eigenvalue weighted by Crippen LogP contribution is 2.17. The SMILES string of the molecule is CS(=O)(=O)CS(=O)(=O)Nc1ccc(C(N)=S)cc1F. The maximum atomic E-state index is 13.6. The van der Waals surface area contributed by atoms with E-state index in [1.54, 1.807) is 0 Å². The molecule has 10 heteroatoms. The summed E-state index contributed by atoms with van der Waals surface area (Å²) in [6.07, 6.45) is 0.762. The Bertz CT molecular complexity index is 713. The van der Waals surface area contributed by atoms with Crippen LogP contribution in [0.15, 0.2) is 18.2 Å². The monoisotopic (exact) mass is 326 g/mol. The molecule has 0 heterocycles. The molecule has 0 aliphatic rings. The number of sulfone groups is 1. The lowest BCUT2D eigenvalue weighted by Crippen LogP contribution is -2.23. The Kier molecular flexibility index (Phi) is 4.48. The third-order valence-corrected chi connectivity index (χ3v) is 5.61. The number of anilines is 1. The van der Waals surface area contributed by atoms with Gasteiger partial charge in [-0.15, -0.1) is 0 Å². The summed E-state index contributed by atoms with van der Waals surface area (Å²) in [6.45, 7) is 0. The summed E-state index contributed by atoms with van der Waals surface area (Å²) >= 11 is 4.64. The Balaban J connectivity index is 3.04. The van der Waals surface area contributed by atoms with Crippen molar-refractivity contribution in [2.24, 2.45) is 5.73 Å². The molecule has 6 nitrogen and oxygen atoms in total. The third-order valence-electron chi connectivity index (χ3n) is 1.89. The summed E-state index contributed by atoms with van der Waals surface area (Å²) < 4.78 is 60.2. The largest absolute Gasteiger partial charge is 0.389 e. The number of benzene rings is 1. The molecule has 0 saturated carbocycles. The molecule has 3 N–H and O–H groups in total. The van der Waals surface area contributed by atoms with Crippen LogP contribution >= 0.6 is 12.2 Å². The van der Waals surface area contributed by atoms with Crippen LogP contribution in [0.1, 0.15) is 5.56 Å². The Morgan fingerprint density at radius 2 is 1.95 bits per heavy atom. The highest BCUT2D eigenvalue weighted by atomic mass is 32.3. The molecule has 0 spiro atoms. The summed E-state index contributed by atoms with van der Waals surface area (Å²) in [5.74, 6) is -0.901. The van der Waals surface area contributed by atoms with Gasteiger partial charge in [-0.1, -0.05) is 12.2 Å². The van der Waals surface area contributed by atoms with E-state index in [1.165, 1.54) is 6.07 Å². The number of rotatable bonds is 5. The number of nitrogens with one attached hydrogen (secondary N) is 1. The topological polar surface area (TPSA) is 106 Å². The van der Waals surface area contributed by atoms with Crippen LogP contribution in [0, 0.1) is 5.82 Å². The van der Waals surface area contributed by atoms with E-state index in [4.69, 9.17) is 5.73 Å². The molecule has 1 aromatic carbocycles. The summed E-state index contributed by atoms with van der Waals surface area (Å²) in [6, 6.07) is 3.40. The Morgan fingerprint density at radius 3 is 2.37 bits per heavy atom. The second kappa shape index (κ2) is 5.39. The third kappa shape index (κ3) is 5.09. The van der Waals surface area contributed by atoms with Gasteiger partial charge in [0.1, 0.15) is 10.8 Å². The van der Waals surface area contributed by atoms with Crippen molar-refractivity contribution >= 4 is 42.8 Å². The lowest BCUT2D eigenvalue weighted by atomic mass is 10.2. The van der Waals surface area contributed by atoms with E-state index in [0.717, 1.165) is 18.4 Å². The van der Waals surface area contributed by atoms with Gasteiger partial charge in [0, 0.05) is 11.8 Å². The molecule has 1 aromatic rings. The molecule has 0 aliphatic heterocycles. The molecule has 0 saturated heterocycles. The van der Waals surface area contributed by atoms with Crippen molar-refractivity contribution in [2.45, 2.75) is 0 Å². The van der Waals surface area contributed by atoms with E-state index >= 15 is 0 Å². The number of sulfonamides is 1. The normalized spacial score (nSPS) is 12.1. The predicted octanol–water partition coefficient (Wildman–Crippen LogP) is 0.204. The molecule has 0 aromatic heterocycles. The second-order valence-corrected chi connectivity index (χ2v) is 8.49. The van der Waals surface area contributed by atoms with Gasteiger partial charge in [-0.05, 0) is 18.2 Å². The lowest BCUT2D eigenvalue weighted by Gasteiger charge is -2.09. The molecule has 0 fully saturated rings. The van der Waals surface area contributed by atoms with Crippen LogP contribution in [-0.2, 0) is 19.9 Å². The first kappa shape index (κ1) is 15.8. The van der Waals surface area contributed by atoms with E-state index in [2.05, 4.69) is 12.2 Å². The molecule has 106 valence electrons. The van der Waals surface area contributed by atoms with Gasteiger partial charge >= 0.3 is 0 Å². The van der Waals surface area contributed by atoms with Crippen molar-refractivity contribution in [1.29, 1.82) is 0 Å². The molecular formula is C9H11FN2O4S3. The summed E-state index contributed by atoms with van der Waals surface area (Å²) in [7, 11) is -7.94. The van der Waals surface area contributed by atoms with Crippen molar-refractivity contribution in [3.05, 3.63) is 29.6 Å². The number of nitrogens with two attached hydrogens (primary N) is 1. The molecular weight excluding hydrogens is 315 g/mol. The van der Waals surface area contributed by atoms with Crippen LogP contribution in [-0.4, -0.2) is 33.2 Å².